The second-order valence-electron chi connectivity index (χ2n) is 12.3. The van der Waals surface area contributed by atoms with Gasteiger partial charge in [-0.3, -0.25) is 15.1 Å². The lowest BCUT2D eigenvalue weighted by atomic mass is 10.0. The molecule has 6 nitrogen and oxygen atoms in total. The van der Waals surface area contributed by atoms with Crippen molar-refractivity contribution in [3.05, 3.63) is 126 Å². The number of nitrogens with zero attached hydrogens (tertiary/aromatic N) is 3. The summed E-state index contributed by atoms with van der Waals surface area (Å²) in [7, 11) is 4.44. The lowest BCUT2D eigenvalue weighted by molar-refractivity contribution is -0.932. The topological polar surface area (TPSA) is 44.8 Å². The number of hydrogen-bond acceptors (Lipinski definition) is 4. The fourth-order valence-corrected chi connectivity index (χ4v) is 6.24. The number of ether oxygens (including phenoxy) is 1. The highest BCUT2D eigenvalue weighted by Crippen LogP contribution is 2.28. The number of quaternary nitrogens is 1. The number of hydrogen-bond donors (Lipinski definition) is 1. The van der Waals surface area contributed by atoms with Gasteiger partial charge in [0, 0.05) is 44.6 Å². The number of benzene rings is 4. The first kappa shape index (κ1) is 31.5. The molecule has 0 saturated carbocycles. The second kappa shape index (κ2) is 15.7. The van der Waals surface area contributed by atoms with Crippen LogP contribution in [0.2, 0.25) is 0 Å². The maximum Gasteiger partial charge on any atom is 0.411 e. The van der Waals surface area contributed by atoms with Crippen LogP contribution in [0.25, 0.3) is 11.1 Å². The Balaban J connectivity index is 1.18. The highest BCUT2D eigenvalue weighted by atomic mass is 16.6. The van der Waals surface area contributed by atoms with E-state index >= 15 is 0 Å². The summed E-state index contributed by atoms with van der Waals surface area (Å²) in [6.45, 7) is 8.15. The van der Waals surface area contributed by atoms with Gasteiger partial charge < -0.3 is 9.22 Å². The Labute approximate surface area is 263 Å². The largest absolute Gasteiger partial charge is 0.446 e. The first-order valence-electron chi connectivity index (χ1n) is 15.9. The van der Waals surface area contributed by atoms with E-state index in [2.05, 4.69) is 102 Å². The molecule has 0 aromatic heterocycles. The molecule has 44 heavy (non-hydrogen) atoms. The molecule has 0 spiro atoms. The van der Waals surface area contributed by atoms with Gasteiger partial charge in [-0.05, 0) is 36.9 Å². The second-order valence-corrected chi connectivity index (χ2v) is 12.3. The van der Waals surface area contributed by atoms with Crippen LogP contribution in [0.15, 0.2) is 115 Å². The van der Waals surface area contributed by atoms with Crippen LogP contribution in [-0.4, -0.2) is 79.8 Å². The number of anilines is 1. The summed E-state index contributed by atoms with van der Waals surface area (Å²) in [6.07, 6.45) is 1.30. The number of amides is 1. The molecule has 4 aromatic carbocycles. The van der Waals surface area contributed by atoms with Crippen molar-refractivity contribution in [3.63, 3.8) is 0 Å². The van der Waals surface area contributed by atoms with Gasteiger partial charge in [-0.15, -0.1) is 0 Å². The van der Waals surface area contributed by atoms with Crippen molar-refractivity contribution >= 4 is 11.8 Å². The summed E-state index contributed by atoms with van der Waals surface area (Å²) >= 11 is 0. The van der Waals surface area contributed by atoms with Gasteiger partial charge >= 0.3 is 6.09 Å². The van der Waals surface area contributed by atoms with E-state index in [0.29, 0.717) is 0 Å². The van der Waals surface area contributed by atoms with Gasteiger partial charge in [0.25, 0.3) is 0 Å². The van der Waals surface area contributed by atoms with Crippen molar-refractivity contribution < 1.29 is 14.0 Å². The van der Waals surface area contributed by atoms with Crippen LogP contribution in [0.3, 0.4) is 0 Å². The Bertz CT molecular complexity index is 1370. The fourth-order valence-electron chi connectivity index (χ4n) is 6.24. The summed E-state index contributed by atoms with van der Waals surface area (Å²) in [5, 5.41) is 3.02. The summed E-state index contributed by atoms with van der Waals surface area (Å²) in [4.78, 5) is 17.9. The summed E-state index contributed by atoms with van der Waals surface area (Å²) in [6, 6.07) is 39.4. The minimum atomic E-state index is -0.372. The van der Waals surface area contributed by atoms with Crippen molar-refractivity contribution in [2.45, 2.75) is 32.0 Å². The fraction of sp³-hybridized carbons (Fsp3) is 0.342. The van der Waals surface area contributed by atoms with Crippen LogP contribution in [0.5, 0.6) is 0 Å². The number of carbonyl (C=O) groups excluding carboxylic acids is 1. The highest BCUT2D eigenvalue weighted by molar-refractivity contribution is 5.91. The van der Waals surface area contributed by atoms with E-state index in [1.165, 1.54) is 11.1 Å². The predicted octanol–water partition coefficient (Wildman–Crippen LogP) is 7.15. The van der Waals surface area contributed by atoms with Crippen molar-refractivity contribution in [2.24, 2.45) is 0 Å². The average molecular weight is 592 g/mol. The molecular formula is C38H47N4O2+. The van der Waals surface area contributed by atoms with Gasteiger partial charge in [0.15, 0.2) is 0 Å². The third-order valence-electron chi connectivity index (χ3n) is 8.88. The van der Waals surface area contributed by atoms with Crippen LogP contribution in [0, 0.1) is 0 Å². The molecule has 0 bridgehead atoms. The number of likely N-dealkylation sites (N-methyl/N-ethyl adjacent to an activating group) is 2. The van der Waals surface area contributed by atoms with Gasteiger partial charge in [0.2, 0.25) is 0 Å². The Hall–Kier alpha value is -3.97. The summed E-state index contributed by atoms with van der Waals surface area (Å²) < 4.78 is 7.06. The van der Waals surface area contributed by atoms with Crippen molar-refractivity contribution in [1.82, 2.24) is 9.80 Å². The molecule has 230 valence electrons. The zero-order valence-corrected chi connectivity index (χ0v) is 26.3. The number of likely N-dealkylation sites (tertiary alicyclic amines) is 1. The Kier molecular flexibility index (Phi) is 11.2. The van der Waals surface area contributed by atoms with E-state index in [1.807, 2.05) is 42.5 Å². The molecule has 5 rings (SSSR count). The van der Waals surface area contributed by atoms with Crippen LogP contribution in [-0.2, 0) is 17.8 Å². The average Bonchev–Trinajstić information content (AvgIpc) is 3.05. The van der Waals surface area contributed by atoms with Crippen LogP contribution in [0.4, 0.5) is 10.5 Å². The maximum atomic E-state index is 13.1. The molecule has 1 N–H and O–H groups in total. The Morgan fingerprint density at radius 2 is 1.18 bits per heavy atom. The molecule has 0 unspecified atom stereocenters. The number of carbonyl (C=O) groups is 1. The molecule has 1 heterocycles. The van der Waals surface area contributed by atoms with Gasteiger partial charge in [-0.25, -0.2) is 4.79 Å². The SMILES string of the molecule is CN(CC[N+]1(CCN(C)Cc2ccccc2)CCC(OC(=O)Nc2ccccc2-c2ccccc2)CC1)Cc1ccccc1. The molecule has 1 amide bonds. The van der Waals surface area contributed by atoms with Gasteiger partial charge in [-0.1, -0.05) is 109 Å². The molecule has 4 aromatic rings. The molecule has 0 atom stereocenters. The van der Waals surface area contributed by atoms with E-state index in [-0.39, 0.29) is 12.2 Å². The van der Waals surface area contributed by atoms with Gasteiger partial charge in [0.05, 0.1) is 31.9 Å². The minimum Gasteiger partial charge on any atom is -0.446 e. The Morgan fingerprint density at radius 3 is 1.73 bits per heavy atom. The minimum absolute atomic E-state index is 0.0748. The van der Waals surface area contributed by atoms with E-state index < -0.39 is 0 Å². The van der Waals surface area contributed by atoms with Crippen LogP contribution < -0.4 is 5.32 Å². The first-order valence-corrected chi connectivity index (χ1v) is 15.9. The van der Waals surface area contributed by atoms with Crippen molar-refractivity contribution in [1.29, 1.82) is 0 Å². The zero-order chi connectivity index (χ0) is 30.6. The first-order chi connectivity index (χ1) is 21.5. The number of para-hydroxylation sites is 1. The standard InChI is InChI=1S/C38H46N4O2/c1-40(30-32-14-6-3-7-15-32)24-28-42(29-25-41(2)31-33-16-8-4-9-17-33)26-22-35(23-27-42)44-38(43)39-37-21-13-12-20-36(37)34-18-10-5-11-19-34/h3-21,35H,22-31H2,1-2H3/p+1. The molecule has 1 aliphatic heterocycles. The predicted molar refractivity (Wildman–Crippen MR) is 180 cm³/mol. The summed E-state index contributed by atoms with van der Waals surface area (Å²) in [5.74, 6) is 0. The normalized spacial score (nSPS) is 14.9. The lowest BCUT2D eigenvalue weighted by Crippen LogP contribution is -2.59. The molecule has 1 aliphatic rings. The third kappa shape index (κ3) is 9.26. The van der Waals surface area contributed by atoms with Crippen molar-refractivity contribution in [3.8, 4) is 11.1 Å². The maximum absolute atomic E-state index is 13.1. The number of piperidine rings is 1. The van der Waals surface area contributed by atoms with Gasteiger partial charge in [-0.2, -0.15) is 0 Å². The molecule has 1 saturated heterocycles. The molecule has 0 aliphatic carbocycles. The molecule has 6 heteroatoms. The van der Waals surface area contributed by atoms with Crippen LogP contribution >= 0.6 is 0 Å². The molecular weight excluding hydrogens is 544 g/mol. The van der Waals surface area contributed by atoms with Crippen molar-refractivity contribution in [2.75, 3.05) is 58.7 Å². The van der Waals surface area contributed by atoms with Gasteiger partial charge in [0.1, 0.15) is 6.10 Å². The summed E-state index contributed by atoms with van der Waals surface area (Å²) in [5.41, 5.74) is 5.51. The van der Waals surface area contributed by atoms with E-state index in [1.54, 1.807) is 0 Å². The Morgan fingerprint density at radius 1 is 0.705 bits per heavy atom. The molecule has 0 radical (unpaired) electrons. The van der Waals surface area contributed by atoms with E-state index in [9.17, 15) is 4.79 Å². The quantitative estimate of drug-likeness (QED) is 0.168. The smallest absolute Gasteiger partial charge is 0.411 e. The molecule has 1 fully saturated rings. The zero-order valence-electron chi connectivity index (χ0n) is 26.3. The van der Waals surface area contributed by atoms with E-state index in [4.69, 9.17) is 4.74 Å². The highest BCUT2D eigenvalue weighted by Gasteiger charge is 2.35. The third-order valence-corrected chi connectivity index (χ3v) is 8.88. The number of nitrogens with one attached hydrogen (secondary N) is 1. The van der Waals surface area contributed by atoms with E-state index in [0.717, 1.165) is 86.5 Å². The van der Waals surface area contributed by atoms with Crippen LogP contribution in [0.1, 0.15) is 24.0 Å². The number of rotatable bonds is 13. The monoisotopic (exact) mass is 591 g/mol. The lowest BCUT2D eigenvalue weighted by Gasteiger charge is -2.45.